The van der Waals surface area contributed by atoms with Crippen molar-refractivity contribution >= 4 is 11.8 Å². The minimum absolute atomic E-state index is 0.0378. The van der Waals surface area contributed by atoms with Crippen LogP contribution in [0.3, 0.4) is 0 Å². The fourth-order valence-electron chi connectivity index (χ4n) is 3.38. The van der Waals surface area contributed by atoms with Gasteiger partial charge in [0.15, 0.2) is 0 Å². The van der Waals surface area contributed by atoms with Gasteiger partial charge in [-0.1, -0.05) is 46.8 Å². The lowest BCUT2D eigenvalue weighted by molar-refractivity contribution is -0.135. The maximum atomic E-state index is 12.2. The summed E-state index contributed by atoms with van der Waals surface area (Å²) in [5.41, 5.74) is 1.41. The molecule has 28 heavy (non-hydrogen) atoms. The van der Waals surface area contributed by atoms with E-state index in [1.807, 2.05) is 30.9 Å². The lowest BCUT2D eigenvalue weighted by atomic mass is 9.87. The van der Waals surface area contributed by atoms with Gasteiger partial charge in [-0.3, -0.25) is 9.59 Å². The van der Waals surface area contributed by atoms with Crippen molar-refractivity contribution < 1.29 is 14.3 Å². The van der Waals surface area contributed by atoms with E-state index in [1.54, 1.807) is 0 Å². The second-order valence-corrected chi connectivity index (χ2v) is 9.05. The third kappa shape index (κ3) is 6.84. The highest BCUT2D eigenvalue weighted by molar-refractivity contribution is 5.78. The van der Waals surface area contributed by atoms with Crippen molar-refractivity contribution in [1.82, 2.24) is 10.2 Å². The Morgan fingerprint density at radius 2 is 1.75 bits per heavy atom. The van der Waals surface area contributed by atoms with Crippen LogP contribution in [0.25, 0.3) is 0 Å². The SMILES string of the molecule is CC(C)C(=O)N1CCC(NC(=O)CCCOc2ccc(C(C)(C)C)cc2)CC1. The van der Waals surface area contributed by atoms with Gasteiger partial charge in [-0.15, -0.1) is 0 Å². The zero-order chi connectivity index (χ0) is 20.7. The first-order valence-electron chi connectivity index (χ1n) is 10.5. The van der Waals surface area contributed by atoms with Gasteiger partial charge in [0.2, 0.25) is 11.8 Å². The number of piperidine rings is 1. The molecule has 1 aliphatic heterocycles. The Morgan fingerprint density at radius 1 is 1.14 bits per heavy atom. The maximum Gasteiger partial charge on any atom is 0.225 e. The number of likely N-dealkylation sites (tertiary alicyclic amines) is 1. The number of amides is 2. The lowest BCUT2D eigenvalue weighted by Crippen LogP contribution is -2.47. The molecule has 0 aromatic heterocycles. The number of benzene rings is 1. The van der Waals surface area contributed by atoms with Crippen molar-refractivity contribution in [1.29, 1.82) is 0 Å². The van der Waals surface area contributed by atoms with E-state index in [1.165, 1.54) is 5.56 Å². The van der Waals surface area contributed by atoms with E-state index in [0.29, 0.717) is 19.4 Å². The van der Waals surface area contributed by atoms with E-state index in [4.69, 9.17) is 4.74 Å². The Labute approximate surface area is 169 Å². The van der Waals surface area contributed by atoms with Crippen LogP contribution in [-0.2, 0) is 15.0 Å². The Balaban J connectivity index is 1.62. The van der Waals surface area contributed by atoms with Crippen molar-refractivity contribution in [3.05, 3.63) is 29.8 Å². The highest BCUT2D eigenvalue weighted by Crippen LogP contribution is 2.24. The first-order valence-corrected chi connectivity index (χ1v) is 10.5. The molecule has 156 valence electrons. The normalized spacial score (nSPS) is 15.6. The Morgan fingerprint density at radius 3 is 2.29 bits per heavy atom. The number of nitrogens with zero attached hydrogens (tertiary/aromatic N) is 1. The average Bonchev–Trinajstić information content (AvgIpc) is 2.65. The summed E-state index contributed by atoms with van der Waals surface area (Å²) in [5.74, 6) is 1.16. The second kappa shape index (κ2) is 9.94. The van der Waals surface area contributed by atoms with E-state index in [2.05, 4.69) is 38.2 Å². The van der Waals surface area contributed by atoms with Gasteiger partial charge >= 0.3 is 0 Å². The molecular formula is C23H36N2O3. The molecule has 5 nitrogen and oxygen atoms in total. The molecule has 1 aromatic carbocycles. The Kier molecular flexibility index (Phi) is 7.90. The molecule has 1 heterocycles. The van der Waals surface area contributed by atoms with Gasteiger partial charge in [0, 0.05) is 31.5 Å². The van der Waals surface area contributed by atoms with Crippen LogP contribution in [0.1, 0.15) is 65.9 Å². The highest BCUT2D eigenvalue weighted by Gasteiger charge is 2.24. The monoisotopic (exact) mass is 388 g/mol. The first-order chi connectivity index (χ1) is 13.2. The van der Waals surface area contributed by atoms with Crippen molar-refractivity contribution in [2.75, 3.05) is 19.7 Å². The summed E-state index contributed by atoms with van der Waals surface area (Å²) >= 11 is 0. The Hall–Kier alpha value is -2.04. The largest absolute Gasteiger partial charge is 0.494 e. The van der Waals surface area contributed by atoms with E-state index in [-0.39, 0.29) is 29.2 Å². The zero-order valence-electron chi connectivity index (χ0n) is 18.1. The molecule has 0 spiro atoms. The standard InChI is InChI=1S/C23H36N2O3/c1-17(2)22(27)25-14-12-19(13-15-25)24-21(26)7-6-16-28-20-10-8-18(9-11-20)23(3,4)5/h8-11,17,19H,6-7,12-16H2,1-5H3,(H,24,26). The number of carbonyl (C=O) groups is 2. The highest BCUT2D eigenvalue weighted by atomic mass is 16.5. The third-order valence-corrected chi connectivity index (χ3v) is 5.20. The predicted octanol–water partition coefficient (Wildman–Crippen LogP) is 3.91. The predicted molar refractivity (Wildman–Crippen MR) is 112 cm³/mol. The molecule has 1 fully saturated rings. The molecule has 2 amide bonds. The molecule has 5 heteroatoms. The van der Waals surface area contributed by atoms with E-state index in [9.17, 15) is 9.59 Å². The average molecular weight is 389 g/mol. The summed E-state index contributed by atoms with van der Waals surface area (Å²) in [6, 6.07) is 8.35. The maximum absolute atomic E-state index is 12.2. The molecule has 1 aromatic rings. The number of hydrogen-bond acceptors (Lipinski definition) is 3. The summed E-state index contributed by atoms with van der Waals surface area (Å²) in [6.07, 6.45) is 2.82. The van der Waals surface area contributed by atoms with Gasteiger partial charge in [-0.05, 0) is 42.4 Å². The fourth-order valence-corrected chi connectivity index (χ4v) is 3.38. The summed E-state index contributed by atoms with van der Waals surface area (Å²) in [5, 5.41) is 3.10. The van der Waals surface area contributed by atoms with E-state index < -0.39 is 0 Å². The van der Waals surface area contributed by atoms with Crippen LogP contribution in [-0.4, -0.2) is 42.5 Å². The van der Waals surface area contributed by atoms with E-state index >= 15 is 0 Å². The van der Waals surface area contributed by atoms with Gasteiger partial charge in [0.1, 0.15) is 5.75 Å². The molecule has 2 rings (SSSR count). The van der Waals surface area contributed by atoms with Crippen LogP contribution in [0.4, 0.5) is 0 Å². The molecule has 0 bridgehead atoms. The van der Waals surface area contributed by atoms with Crippen molar-refractivity contribution in [2.45, 2.75) is 71.8 Å². The van der Waals surface area contributed by atoms with Crippen LogP contribution in [0.15, 0.2) is 24.3 Å². The van der Waals surface area contributed by atoms with Crippen LogP contribution < -0.4 is 10.1 Å². The molecule has 1 aliphatic rings. The molecule has 1 saturated heterocycles. The minimum Gasteiger partial charge on any atom is -0.494 e. The summed E-state index contributed by atoms with van der Waals surface area (Å²) in [4.78, 5) is 26.1. The van der Waals surface area contributed by atoms with Crippen LogP contribution in [0.2, 0.25) is 0 Å². The molecule has 0 atom stereocenters. The Bertz CT molecular complexity index is 639. The van der Waals surface area contributed by atoms with Gasteiger partial charge in [-0.25, -0.2) is 0 Å². The summed E-state index contributed by atoms with van der Waals surface area (Å²) in [7, 11) is 0. The van der Waals surface area contributed by atoms with Gasteiger partial charge in [0.05, 0.1) is 6.61 Å². The summed E-state index contributed by atoms with van der Waals surface area (Å²) in [6.45, 7) is 12.4. The smallest absolute Gasteiger partial charge is 0.225 e. The topological polar surface area (TPSA) is 58.6 Å². The molecule has 0 unspecified atom stereocenters. The number of nitrogens with one attached hydrogen (secondary N) is 1. The van der Waals surface area contributed by atoms with Crippen LogP contribution in [0.5, 0.6) is 5.75 Å². The fraction of sp³-hybridized carbons (Fsp3) is 0.652. The second-order valence-electron chi connectivity index (χ2n) is 9.05. The zero-order valence-corrected chi connectivity index (χ0v) is 18.1. The molecule has 0 aliphatic carbocycles. The molecular weight excluding hydrogens is 352 g/mol. The van der Waals surface area contributed by atoms with E-state index in [0.717, 1.165) is 31.7 Å². The van der Waals surface area contributed by atoms with Crippen molar-refractivity contribution in [2.24, 2.45) is 5.92 Å². The molecule has 0 saturated carbocycles. The van der Waals surface area contributed by atoms with Gasteiger partial charge in [-0.2, -0.15) is 0 Å². The molecule has 0 radical (unpaired) electrons. The number of ether oxygens (including phenoxy) is 1. The minimum atomic E-state index is 0.0378. The number of hydrogen-bond donors (Lipinski definition) is 1. The van der Waals surface area contributed by atoms with Crippen molar-refractivity contribution in [3.8, 4) is 5.75 Å². The van der Waals surface area contributed by atoms with Crippen LogP contribution >= 0.6 is 0 Å². The number of carbonyl (C=O) groups excluding carboxylic acids is 2. The molecule has 1 N–H and O–H groups in total. The number of rotatable bonds is 7. The first kappa shape index (κ1) is 22.3. The third-order valence-electron chi connectivity index (χ3n) is 5.20. The van der Waals surface area contributed by atoms with Gasteiger partial charge in [0.25, 0.3) is 0 Å². The quantitative estimate of drug-likeness (QED) is 0.721. The lowest BCUT2D eigenvalue weighted by Gasteiger charge is -2.33. The summed E-state index contributed by atoms with van der Waals surface area (Å²) < 4.78 is 5.75. The van der Waals surface area contributed by atoms with Crippen LogP contribution in [0, 0.1) is 5.92 Å². The van der Waals surface area contributed by atoms with Crippen molar-refractivity contribution in [3.63, 3.8) is 0 Å². The van der Waals surface area contributed by atoms with Gasteiger partial charge < -0.3 is 15.0 Å².